The van der Waals surface area contributed by atoms with Crippen LogP contribution in [0.4, 0.5) is 0 Å². The number of ether oxygens (including phenoxy) is 1. The largest absolute Gasteiger partial charge is 0.383 e. The van der Waals surface area contributed by atoms with Crippen LogP contribution in [0.15, 0.2) is 0 Å². The van der Waals surface area contributed by atoms with E-state index < -0.39 is 10.8 Å². The molecule has 3 unspecified atom stereocenters. The molecule has 0 spiro atoms. The van der Waals surface area contributed by atoms with Gasteiger partial charge in [-0.2, -0.15) is 0 Å². The second-order valence-corrected chi connectivity index (χ2v) is 6.12. The number of rotatable bonds is 9. The fourth-order valence-electron chi connectivity index (χ4n) is 1.73. The number of tetrazole rings is 1. The van der Waals surface area contributed by atoms with E-state index in [-0.39, 0.29) is 12.1 Å². The number of methoxy groups -OCH3 is 1. The molecule has 0 aliphatic heterocycles. The van der Waals surface area contributed by atoms with Crippen LogP contribution in [-0.4, -0.2) is 56.7 Å². The van der Waals surface area contributed by atoms with E-state index in [4.69, 9.17) is 4.74 Å². The van der Waals surface area contributed by atoms with E-state index in [0.717, 1.165) is 18.8 Å². The molecule has 0 aliphatic rings. The molecule has 0 aliphatic carbocycles. The summed E-state index contributed by atoms with van der Waals surface area (Å²) in [7, 11) is 0.885. The third kappa shape index (κ3) is 5.33. The number of nitrogens with one attached hydrogen (secondary N) is 1. The van der Waals surface area contributed by atoms with Crippen LogP contribution in [0.3, 0.4) is 0 Å². The average Bonchev–Trinajstić information content (AvgIpc) is 2.85. The van der Waals surface area contributed by atoms with Crippen LogP contribution < -0.4 is 5.32 Å². The van der Waals surface area contributed by atoms with Crippen molar-refractivity contribution < 1.29 is 8.95 Å². The monoisotopic (exact) mass is 289 g/mol. The molecule has 7 nitrogen and oxygen atoms in total. The zero-order valence-corrected chi connectivity index (χ0v) is 12.8. The Morgan fingerprint density at radius 3 is 2.84 bits per heavy atom. The molecule has 1 N–H and O–H groups in total. The van der Waals surface area contributed by atoms with Gasteiger partial charge in [0, 0.05) is 36.5 Å². The van der Waals surface area contributed by atoms with E-state index in [9.17, 15) is 4.21 Å². The van der Waals surface area contributed by atoms with Gasteiger partial charge in [-0.1, -0.05) is 0 Å². The smallest absolute Gasteiger partial charge is 0.168 e. The molecule has 0 aromatic carbocycles. The van der Waals surface area contributed by atoms with Crippen LogP contribution in [0.5, 0.6) is 0 Å². The summed E-state index contributed by atoms with van der Waals surface area (Å²) in [6.45, 7) is 5.45. The highest BCUT2D eigenvalue weighted by molar-refractivity contribution is 7.84. The summed E-state index contributed by atoms with van der Waals surface area (Å²) < 4.78 is 17.9. The number of hydrogen-bond acceptors (Lipinski definition) is 6. The number of aromatic nitrogens is 4. The molecule has 0 saturated heterocycles. The summed E-state index contributed by atoms with van der Waals surface area (Å²) in [5.74, 6) is 1.46. The fraction of sp³-hybridized carbons (Fsp3) is 0.909. The second-order valence-electron chi connectivity index (χ2n) is 4.57. The summed E-state index contributed by atoms with van der Waals surface area (Å²) in [5.41, 5.74) is 0. The van der Waals surface area contributed by atoms with E-state index in [2.05, 4.69) is 20.8 Å². The summed E-state index contributed by atoms with van der Waals surface area (Å²) in [6.07, 6.45) is 2.51. The summed E-state index contributed by atoms with van der Waals surface area (Å²) in [6, 6.07) is 0.195. The molecule has 0 bridgehead atoms. The van der Waals surface area contributed by atoms with Crippen LogP contribution in [0.2, 0.25) is 0 Å². The van der Waals surface area contributed by atoms with E-state index in [1.54, 1.807) is 18.0 Å². The minimum Gasteiger partial charge on any atom is -0.383 e. The van der Waals surface area contributed by atoms with Crippen LogP contribution in [-0.2, 0) is 15.5 Å². The first-order valence-corrected chi connectivity index (χ1v) is 8.09. The van der Waals surface area contributed by atoms with E-state index in [1.165, 1.54) is 0 Å². The molecule has 1 heterocycles. The van der Waals surface area contributed by atoms with Crippen LogP contribution in [0, 0.1) is 0 Å². The Morgan fingerprint density at radius 1 is 1.47 bits per heavy atom. The lowest BCUT2D eigenvalue weighted by atomic mass is 10.2. The van der Waals surface area contributed by atoms with Gasteiger partial charge in [-0.15, -0.1) is 5.10 Å². The Labute approximate surface area is 116 Å². The topological polar surface area (TPSA) is 81.9 Å². The van der Waals surface area contributed by atoms with Crippen molar-refractivity contribution in [3.8, 4) is 0 Å². The lowest BCUT2D eigenvalue weighted by Gasteiger charge is -2.17. The standard InChI is InChI=1S/C11H23N5O2S/c1-9(5-8-19(4)17)16-11(13-14-15-16)10(2)12-6-7-18-3/h9-10,12H,5-8H2,1-4H3. The normalized spacial score (nSPS) is 16.2. The Hall–Kier alpha value is -0.860. The summed E-state index contributed by atoms with van der Waals surface area (Å²) in [4.78, 5) is 0. The maximum atomic E-state index is 11.1. The van der Waals surface area contributed by atoms with E-state index in [0.29, 0.717) is 12.4 Å². The molecule has 110 valence electrons. The van der Waals surface area contributed by atoms with Gasteiger partial charge >= 0.3 is 0 Å². The Kier molecular flexibility index (Phi) is 7.11. The number of nitrogens with zero attached hydrogens (tertiary/aromatic N) is 4. The molecule has 0 saturated carbocycles. The lowest BCUT2D eigenvalue weighted by Crippen LogP contribution is -2.26. The quantitative estimate of drug-likeness (QED) is 0.658. The molecule has 19 heavy (non-hydrogen) atoms. The molecule has 0 amide bonds. The van der Waals surface area contributed by atoms with Gasteiger partial charge in [0.25, 0.3) is 0 Å². The first kappa shape index (κ1) is 16.2. The molecular formula is C11H23N5O2S. The molecule has 3 atom stereocenters. The van der Waals surface area contributed by atoms with Gasteiger partial charge in [-0.05, 0) is 30.7 Å². The van der Waals surface area contributed by atoms with Gasteiger partial charge in [0.05, 0.1) is 18.7 Å². The Bertz CT molecular complexity index is 398. The van der Waals surface area contributed by atoms with E-state index >= 15 is 0 Å². The minimum absolute atomic E-state index is 0.0553. The van der Waals surface area contributed by atoms with Crippen LogP contribution in [0.1, 0.15) is 38.2 Å². The van der Waals surface area contributed by atoms with Crippen molar-refractivity contribution in [2.45, 2.75) is 32.4 Å². The molecule has 0 fully saturated rings. The maximum absolute atomic E-state index is 11.1. The van der Waals surface area contributed by atoms with Crippen molar-refractivity contribution in [2.24, 2.45) is 0 Å². The number of hydrogen-bond donors (Lipinski definition) is 1. The molecule has 0 radical (unpaired) electrons. The predicted molar refractivity (Wildman–Crippen MR) is 74.4 cm³/mol. The molecule has 8 heteroatoms. The first-order chi connectivity index (χ1) is 9.06. The molecule has 1 aromatic rings. The third-order valence-corrected chi connectivity index (χ3v) is 3.71. The van der Waals surface area contributed by atoms with Crippen molar-refractivity contribution >= 4 is 10.8 Å². The summed E-state index contributed by atoms with van der Waals surface area (Å²) >= 11 is 0. The Morgan fingerprint density at radius 2 is 2.21 bits per heavy atom. The highest BCUT2D eigenvalue weighted by Crippen LogP contribution is 2.15. The molecule has 1 aromatic heterocycles. The SMILES string of the molecule is COCCNC(C)c1nnnn1C(C)CCS(C)=O. The first-order valence-electron chi connectivity index (χ1n) is 6.36. The Balaban J connectivity index is 2.60. The van der Waals surface area contributed by atoms with Crippen molar-refractivity contribution in [1.29, 1.82) is 0 Å². The predicted octanol–water partition coefficient (Wildman–Crippen LogP) is 0.300. The molecule has 1 rings (SSSR count). The van der Waals surface area contributed by atoms with Gasteiger partial charge in [0.2, 0.25) is 0 Å². The lowest BCUT2D eigenvalue weighted by molar-refractivity contribution is 0.195. The van der Waals surface area contributed by atoms with Gasteiger partial charge in [0.1, 0.15) is 0 Å². The summed E-state index contributed by atoms with van der Waals surface area (Å²) in [5, 5.41) is 15.1. The highest BCUT2D eigenvalue weighted by Gasteiger charge is 2.18. The fourth-order valence-corrected chi connectivity index (χ4v) is 2.40. The zero-order chi connectivity index (χ0) is 14.3. The second kappa shape index (κ2) is 8.34. The van der Waals surface area contributed by atoms with Crippen LogP contribution >= 0.6 is 0 Å². The van der Waals surface area contributed by atoms with Crippen molar-refractivity contribution in [1.82, 2.24) is 25.5 Å². The third-order valence-electron chi connectivity index (χ3n) is 2.90. The van der Waals surface area contributed by atoms with Gasteiger partial charge in [-0.25, -0.2) is 4.68 Å². The zero-order valence-electron chi connectivity index (χ0n) is 12.0. The van der Waals surface area contributed by atoms with Gasteiger partial charge < -0.3 is 10.1 Å². The average molecular weight is 289 g/mol. The van der Waals surface area contributed by atoms with Crippen LogP contribution in [0.25, 0.3) is 0 Å². The van der Waals surface area contributed by atoms with Crippen molar-refractivity contribution in [3.63, 3.8) is 0 Å². The van der Waals surface area contributed by atoms with Crippen molar-refractivity contribution in [3.05, 3.63) is 5.82 Å². The van der Waals surface area contributed by atoms with E-state index in [1.807, 2.05) is 13.8 Å². The maximum Gasteiger partial charge on any atom is 0.168 e. The van der Waals surface area contributed by atoms with Crippen molar-refractivity contribution in [2.75, 3.05) is 32.3 Å². The molecular weight excluding hydrogens is 266 g/mol. The van der Waals surface area contributed by atoms with Gasteiger partial charge in [-0.3, -0.25) is 4.21 Å². The highest BCUT2D eigenvalue weighted by atomic mass is 32.2. The van der Waals surface area contributed by atoms with Gasteiger partial charge in [0.15, 0.2) is 5.82 Å². The minimum atomic E-state index is -0.785.